The SMILES string of the molecule is [2H]/C(=C(/[2H])c1cc2ccccc2c2ccccc12)c1ccc2c(c1)C(C)(C)c1cc(N(c3ccccc3)c3ccc4ccccc4c3)ccc1-2. The molecule has 228 valence electrons. The minimum atomic E-state index is -0.305. The number of nitrogens with zero attached hydrogens (tertiary/aromatic N) is 1. The third-order valence-corrected chi connectivity index (χ3v) is 10.0. The predicted molar refractivity (Wildman–Crippen MR) is 207 cm³/mol. The van der Waals surface area contributed by atoms with Gasteiger partial charge < -0.3 is 4.90 Å². The summed E-state index contributed by atoms with van der Waals surface area (Å²) in [6.07, 6.45) is 0. The molecular weight excluding hydrogens is 579 g/mol. The van der Waals surface area contributed by atoms with E-state index in [0.717, 1.165) is 49.7 Å². The Kier molecular flexibility index (Phi) is 6.06. The summed E-state index contributed by atoms with van der Waals surface area (Å²) in [5.74, 6) is 0. The second-order valence-electron chi connectivity index (χ2n) is 13.3. The number of benzene rings is 8. The van der Waals surface area contributed by atoms with Crippen molar-refractivity contribution < 1.29 is 2.74 Å². The van der Waals surface area contributed by atoms with E-state index in [4.69, 9.17) is 0 Å². The molecule has 0 unspecified atom stereocenters. The number of hydrogen-bond donors (Lipinski definition) is 0. The molecule has 1 aliphatic rings. The van der Waals surface area contributed by atoms with Crippen molar-refractivity contribution in [2.75, 3.05) is 4.90 Å². The van der Waals surface area contributed by atoms with Gasteiger partial charge in [0.15, 0.2) is 0 Å². The maximum atomic E-state index is 9.32. The molecule has 0 aliphatic heterocycles. The minimum absolute atomic E-state index is 0.229. The molecule has 0 N–H and O–H groups in total. The molecule has 0 amide bonds. The lowest BCUT2D eigenvalue weighted by Crippen LogP contribution is -2.16. The van der Waals surface area contributed by atoms with E-state index in [1.165, 1.54) is 33.0 Å². The number of fused-ring (bicyclic) bond motifs is 7. The molecule has 0 saturated heterocycles. The smallest absolute Gasteiger partial charge is 0.0629 e. The standard InChI is InChI=1S/C47H35N/c1-47(2)45-28-32(20-22-36-29-35-14-8-9-17-40(35)42-19-11-10-18-41(36)42)21-26-43(45)44-27-25-39(31-46(44)47)48(37-15-4-3-5-16-37)38-24-23-33-12-6-7-13-34(33)30-38/h3-31H,1-2H3/b22-20+/i20D,22D. The van der Waals surface area contributed by atoms with E-state index < -0.39 is 0 Å². The quantitative estimate of drug-likeness (QED) is 0.138. The van der Waals surface area contributed by atoms with Crippen molar-refractivity contribution in [2.45, 2.75) is 19.3 Å². The molecule has 9 rings (SSSR count). The zero-order chi connectivity index (χ0) is 34.0. The topological polar surface area (TPSA) is 3.24 Å². The van der Waals surface area contributed by atoms with Crippen LogP contribution in [0.1, 0.15) is 38.8 Å². The van der Waals surface area contributed by atoms with Gasteiger partial charge in [0.05, 0.1) is 2.74 Å². The fourth-order valence-electron chi connectivity index (χ4n) is 7.58. The molecule has 8 aromatic rings. The molecule has 0 atom stereocenters. The van der Waals surface area contributed by atoms with Crippen molar-refractivity contribution in [1.82, 2.24) is 0 Å². The average Bonchev–Trinajstić information content (AvgIpc) is 3.39. The Morgan fingerprint density at radius 1 is 0.458 bits per heavy atom. The van der Waals surface area contributed by atoms with Crippen LogP contribution >= 0.6 is 0 Å². The van der Waals surface area contributed by atoms with Gasteiger partial charge in [0, 0.05) is 22.5 Å². The van der Waals surface area contributed by atoms with E-state index in [-0.39, 0.29) is 17.5 Å². The average molecular weight is 616 g/mol. The van der Waals surface area contributed by atoms with Crippen LogP contribution in [-0.4, -0.2) is 0 Å². The Balaban J connectivity index is 1.14. The maximum absolute atomic E-state index is 9.32. The lowest BCUT2D eigenvalue weighted by Gasteiger charge is -2.28. The molecule has 0 heterocycles. The maximum Gasteiger partial charge on any atom is 0.0629 e. The van der Waals surface area contributed by atoms with E-state index in [0.29, 0.717) is 0 Å². The first kappa shape index (κ1) is 26.2. The van der Waals surface area contributed by atoms with Gasteiger partial charge in [0.2, 0.25) is 0 Å². The van der Waals surface area contributed by atoms with E-state index >= 15 is 0 Å². The van der Waals surface area contributed by atoms with Crippen LogP contribution in [0, 0.1) is 0 Å². The van der Waals surface area contributed by atoms with Crippen molar-refractivity contribution in [2.24, 2.45) is 0 Å². The van der Waals surface area contributed by atoms with E-state index in [1.807, 2.05) is 24.3 Å². The third kappa shape index (κ3) is 4.62. The van der Waals surface area contributed by atoms with Crippen LogP contribution in [-0.2, 0) is 5.41 Å². The molecule has 1 nitrogen and oxygen atoms in total. The van der Waals surface area contributed by atoms with Crippen LogP contribution in [0.4, 0.5) is 17.1 Å². The van der Waals surface area contributed by atoms with Gasteiger partial charge >= 0.3 is 0 Å². The normalized spacial score (nSPS) is 14.3. The van der Waals surface area contributed by atoms with Gasteiger partial charge in [-0.2, -0.15) is 0 Å². The fraction of sp³-hybridized carbons (Fsp3) is 0.0638. The van der Waals surface area contributed by atoms with Gasteiger partial charge in [0.1, 0.15) is 0 Å². The fourth-order valence-corrected chi connectivity index (χ4v) is 7.58. The Morgan fingerprint density at radius 3 is 1.88 bits per heavy atom. The Morgan fingerprint density at radius 2 is 1.06 bits per heavy atom. The number of anilines is 3. The van der Waals surface area contributed by atoms with Crippen molar-refractivity contribution >= 4 is 61.5 Å². The van der Waals surface area contributed by atoms with Gasteiger partial charge in [-0.25, -0.2) is 0 Å². The van der Waals surface area contributed by atoms with Crippen LogP contribution in [0.25, 0.3) is 55.5 Å². The summed E-state index contributed by atoms with van der Waals surface area (Å²) >= 11 is 0. The number of para-hydroxylation sites is 1. The predicted octanol–water partition coefficient (Wildman–Crippen LogP) is 13.1. The summed E-state index contributed by atoms with van der Waals surface area (Å²) in [5.41, 5.74) is 9.39. The zero-order valence-electron chi connectivity index (χ0n) is 29.0. The highest BCUT2D eigenvalue weighted by atomic mass is 15.1. The highest BCUT2D eigenvalue weighted by Gasteiger charge is 2.36. The molecule has 0 aromatic heterocycles. The van der Waals surface area contributed by atoms with Gasteiger partial charge in [-0.05, 0) is 108 Å². The summed E-state index contributed by atoms with van der Waals surface area (Å²) in [6, 6.07) is 57.9. The monoisotopic (exact) mass is 615 g/mol. The van der Waals surface area contributed by atoms with Crippen LogP contribution in [0.15, 0.2) is 164 Å². The van der Waals surface area contributed by atoms with Crippen LogP contribution in [0.5, 0.6) is 0 Å². The molecule has 48 heavy (non-hydrogen) atoms. The van der Waals surface area contributed by atoms with Crippen molar-refractivity contribution in [3.05, 3.63) is 186 Å². The van der Waals surface area contributed by atoms with Gasteiger partial charge in [0.25, 0.3) is 0 Å². The highest BCUT2D eigenvalue weighted by molar-refractivity contribution is 6.11. The Bertz CT molecular complexity index is 2650. The van der Waals surface area contributed by atoms with E-state index in [2.05, 4.69) is 158 Å². The lowest BCUT2D eigenvalue weighted by atomic mass is 9.81. The van der Waals surface area contributed by atoms with Crippen LogP contribution in [0.3, 0.4) is 0 Å². The number of hydrogen-bond acceptors (Lipinski definition) is 1. The molecule has 0 bridgehead atoms. The molecule has 0 spiro atoms. The molecule has 1 aliphatic carbocycles. The molecular formula is C47H35N. The van der Waals surface area contributed by atoms with Crippen LogP contribution in [0.2, 0.25) is 0 Å². The summed E-state index contributed by atoms with van der Waals surface area (Å²) < 4.78 is 18.6. The third-order valence-electron chi connectivity index (χ3n) is 10.0. The van der Waals surface area contributed by atoms with Gasteiger partial charge in [-0.3, -0.25) is 0 Å². The van der Waals surface area contributed by atoms with Gasteiger partial charge in [-0.15, -0.1) is 0 Å². The van der Waals surface area contributed by atoms with Crippen LogP contribution < -0.4 is 4.90 Å². The van der Waals surface area contributed by atoms with Gasteiger partial charge in [-0.1, -0.05) is 147 Å². The zero-order valence-corrected chi connectivity index (χ0v) is 27.0. The first-order chi connectivity index (χ1) is 24.4. The van der Waals surface area contributed by atoms with E-state index in [1.54, 1.807) is 0 Å². The van der Waals surface area contributed by atoms with Crippen molar-refractivity contribution in [3.63, 3.8) is 0 Å². The molecule has 1 heteroatoms. The highest BCUT2D eigenvalue weighted by Crippen LogP contribution is 2.51. The molecule has 0 saturated carbocycles. The first-order valence-corrected chi connectivity index (χ1v) is 16.6. The second-order valence-corrected chi connectivity index (χ2v) is 13.3. The Hall–Kier alpha value is -5.92. The Labute approximate surface area is 284 Å². The lowest BCUT2D eigenvalue weighted by molar-refractivity contribution is 0.660. The van der Waals surface area contributed by atoms with E-state index in [9.17, 15) is 2.74 Å². The molecule has 8 aromatic carbocycles. The number of rotatable bonds is 5. The van der Waals surface area contributed by atoms with Crippen molar-refractivity contribution in [3.8, 4) is 11.1 Å². The summed E-state index contributed by atoms with van der Waals surface area (Å²) in [5, 5.41) is 6.77. The minimum Gasteiger partial charge on any atom is -0.310 e. The second kappa shape index (κ2) is 11.1. The molecule has 0 fully saturated rings. The summed E-state index contributed by atoms with van der Waals surface area (Å²) in [7, 11) is 0. The molecule has 0 radical (unpaired) electrons. The summed E-state index contributed by atoms with van der Waals surface area (Å²) in [6.45, 7) is 4.56. The first-order valence-electron chi connectivity index (χ1n) is 17.6. The van der Waals surface area contributed by atoms with Crippen molar-refractivity contribution in [1.29, 1.82) is 0 Å². The largest absolute Gasteiger partial charge is 0.310 e. The summed E-state index contributed by atoms with van der Waals surface area (Å²) in [4.78, 5) is 2.34.